The maximum absolute atomic E-state index is 12.4. The van der Waals surface area contributed by atoms with Crippen LogP contribution in [0.4, 0.5) is 0 Å². The highest BCUT2D eigenvalue weighted by molar-refractivity contribution is 7.09. The number of aryl methyl sites for hydroxylation is 1. The fourth-order valence-electron chi connectivity index (χ4n) is 2.68. The summed E-state index contributed by atoms with van der Waals surface area (Å²) in [6, 6.07) is 18.7. The zero-order chi connectivity index (χ0) is 17.6. The van der Waals surface area contributed by atoms with Gasteiger partial charge in [-0.3, -0.25) is 4.79 Å². The normalized spacial score (nSPS) is 10.6. The lowest BCUT2D eigenvalue weighted by Crippen LogP contribution is -2.27. The van der Waals surface area contributed by atoms with Gasteiger partial charge in [0.05, 0.1) is 17.1 Å². The number of amides is 1. The van der Waals surface area contributed by atoms with Crippen LogP contribution in [-0.4, -0.2) is 22.8 Å². The summed E-state index contributed by atoms with van der Waals surface area (Å²) in [6.07, 6.45) is 1.29. The van der Waals surface area contributed by atoms with Crippen molar-refractivity contribution in [3.8, 4) is 11.1 Å². The lowest BCUT2D eigenvalue weighted by atomic mass is 10.0. The molecular formula is C21H22N2OS. The molecule has 1 heterocycles. The molecule has 0 unspecified atom stereocenters. The highest BCUT2D eigenvalue weighted by Gasteiger charge is 2.12. The molecule has 0 spiro atoms. The lowest BCUT2D eigenvalue weighted by Gasteiger charge is -2.17. The second-order valence-corrected chi connectivity index (χ2v) is 7.02. The number of likely N-dealkylation sites (N-methyl/N-ethyl adjacent to an activating group) is 1. The van der Waals surface area contributed by atoms with Gasteiger partial charge in [-0.25, -0.2) is 4.98 Å². The maximum atomic E-state index is 12.4. The molecule has 0 aliphatic carbocycles. The number of aromatic nitrogens is 1. The topological polar surface area (TPSA) is 33.2 Å². The Bertz CT molecular complexity index is 825. The zero-order valence-corrected chi connectivity index (χ0v) is 15.4. The summed E-state index contributed by atoms with van der Waals surface area (Å²) in [5.74, 6) is 0.0973. The number of hydrogen-bond donors (Lipinski definition) is 0. The Labute approximate surface area is 153 Å². The van der Waals surface area contributed by atoms with Crippen molar-refractivity contribution in [3.63, 3.8) is 0 Å². The summed E-state index contributed by atoms with van der Waals surface area (Å²) < 4.78 is 0. The van der Waals surface area contributed by atoms with Crippen LogP contribution in [0.5, 0.6) is 0 Å². The number of benzene rings is 2. The van der Waals surface area contributed by atoms with Gasteiger partial charge < -0.3 is 4.90 Å². The van der Waals surface area contributed by atoms with Crippen LogP contribution in [0.25, 0.3) is 11.1 Å². The number of thiazole rings is 1. The van der Waals surface area contributed by atoms with Gasteiger partial charge in [-0.2, -0.15) is 0 Å². The third kappa shape index (κ3) is 4.54. The summed E-state index contributed by atoms with van der Waals surface area (Å²) >= 11 is 1.62. The van der Waals surface area contributed by atoms with Crippen molar-refractivity contribution in [1.29, 1.82) is 0 Å². The van der Waals surface area contributed by atoms with Crippen LogP contribution in [0, 0.1) is 0 Å². The number of nitrogens with zero attached hydrogens (tertiary/aromatic N) is 2. The number of carbonyl (C=O) groups is 1. The van der Waals surface area contributed by atoms with Gasteiger partial charge >= 0.3 is 0 Å². The monoisotopic (exact) mass is 350 g/mol. The average molecular weight is 350 g/mol. The van der Waals surface area contributed by atoms with Crippen molar-refractivity contribution in [3.05, 3.63) is 76.2 Å². The van der Waals surface area contributed by atoms with E-state index >= 15 is 0 Å². The Kier molecular flexibility index (Phi) is 5.61. The first-order valence-corrected chi connectivity index (χ1v) is 9.35. The van der Waals surface area contributed by atoms with E-state index in [1.54, 1.807) is 16.2 Å². The number of carbonyl (C=O) groups excluding carboxylic acids is 1. The molecule has 0 saturated heterocycles. The molecule has 0 saturated carbocycles. The lowest BCUT2D eigenvalue weighted by molar-refractivity contribution is -0.129. The van der Waals surface area contributed by atoms with E-state index in [-0.39, 0.29) is 5.91 Å². The van der Waals surface area contributed by atoms with E-state index in [1.165, 1.54) is 11.1 Å². The summed E-state index contributed by atoms with van der Waals surface area (Å²) in [7, 11) is 1.85. The van der Waals surface area contributed by atoms with E-state index in [2.05, 4.69) is 48.3 Å². The van der Waals surface area contributed by atoms with Crippen molar-refractivity contribution in [2.24, 2.45) is 0 Å². The molecule has 0 bridgehead atoms. The summed E-state index contributed by atoms with van der Waals surface area (Å²) in [6.45, 7) is 2.69. The standard InChI is InChI=1S/C21H22N2OS/c1-3-20-22-19(15-25-20)13-21(24)23(2)14-16-9-11-18(12-10-16)17-7-5-4-6-8-17/h4-12,15H,3,13-14H2,1-2H3. The Morgan fingerprint density at radius 1 is 1.04 bits per heavy atom. The van der Waals surface area contributed by atoms with Crippen LogP contribution in [0.15, 0.2) is 60.0 Å². The predicted molar refractivity (Wildman–Crippen MR) is 104 cm³/mol. The summed E-state index contributed by atoms with van der Waals surface area (Å²) in [5.41, 5.74) is 4.39. The second-order valence-electron chi connectivity index (χ2n) is 6.08. The van der Waals surface area contributed by atoms with Crippen molar-refractivity contribution in [2.75, 3.05) is 7.05 Å². The third-order valence-corrected chi connectivity index (χ3v) is 5.18. The van der Waals surface area contributed by atoms with E-state index in [9.17, 15) is 4.79 Å². The molecule has 0 atom stereocenters. The predicted octanol–water partition coefficient (Wildman–Crippen LogP) is 4.57. The van der Waals surface area contributed by atoms with Gasteiger partial charge in [0.25, 0.3) is 0 Å². The van der Waals surface area contributed by atoms with Crippen LogP contribution < -0.4 is 0 Å². The fraction of sp³-hybridized carbons (Fsp3) is 0.238. The SMILES string of the molecule is CCc1nc(CC(=O)N(C)Cc2ccc(-c3ccccc3)cc2)cs1. The largest absolute Gasteiger partial charge is 0.341 e. The molecule has 2 aromatic carbocycles. The second kappa shape index (κ2) is 8.08. The van der Waals surface area contributed by atoms with Gasteiger partial charge in [-0.1, -0.05) is 61.5 Å². The Morgan fingerprint density at radius 2 is 1.72 bits per heavy atom. The number of hydrogen-bond acceptors (Lipinski definition) is 3. The van der Waals surface area contributed by atoms with Gasteiger partial charge in [-0.05, 0) is 23.1 Å². The first kappa shape index (κ1) is 17.4. The van der Waals surface area contributed by atoms with Gasteiger partial charge in [0.2, 0.25) is 5.91 Å². The molecule has 3 rings (SSSR count). The molecule has 0 radical (unpaired) electrons. The molecule has 0 aliphatic rings. The first-order valence-electron chi connectivity index (χ1n) is 8.47. The Balaban J connectivity index is 1.60. The van der Waals surface area contributed by atoms with E-state index in [0.29, 0.717) is 13.0 Å². The zero-order valence-electron chi connectivity index (χ0n) is 14.6. The van der Waals surface area contributed by atoms with Crippen LogP contribution in [-0.2, 0) is 24.2 Å². The minimum Gasteiger partial charge on any atom is -0.341 e. The third-order valence-electron chi connectivity index (χ3n) is 4.14. The highest BCUT2D eigenvalue weighted by Crippen LogP contribution is 2.20. The van der Waals surface area contributed by atoms with Gasteiger partial charge in [0.1, 0.15) is 0 Å². The average Bonchev–Trinajstić information content (AvgIpc) is 3.10. The van der Waals surface area contributed by atoms with Crippen LogP contribution in [0.1, 0.15) is 23.2 Å². The van der Waals surface area contributed by atoms with Crippen molar-refractivity contribution in [2.45, 2.75) is 26.3 Å². The molecule has 0 N–H and O–H groups in total. The number of rotatable bonds is 6. The molecule has 4 heteroatoms. The highest BCUT2D eigenvalue weighted by atomic mass is 32.1. The molecule has 1 aromatic heterocycles. The van der Waals surface area contributed by atoms with Gasteiger partial charge in [0, 0.05) is 19.0 Å². The first-order chi connectivity index (χ1) is 12.2. The quantitative estimate of drug-likeness (QED) is 0.652. The maximum Gasteiger partial charge on any atom is 0.228 e. The van der Waals surface area contributed by atoms with E-state index in [4.69, 9.17) is 0 Å². The molecule has 128 valence electrons. The fourth-order valence-corrected chi connectivity index (χ4v) is 3.42. The van der Waals surface area contributed by atoms with Gasteiger partial charge in [-0.15, -0.1) is 11.3 Å². The van der Waals surface area contributed by atoms with Gasteiger partial charge in [0.15, 0.2) is 0 Å². The summed E-state index contributed by atoms with van der Waals surface area (Å²) in [5, 5.41) is 3.07. The van der Waals surface area contributed by atoms with Crippen molar-refractivity contribution < 1.29 is 4.79 Å². The van der Waals surface area contributed by atoms with Crippen LogP contribution in [0.2, 0.25) is 0 Å². The van der Waals surface area contributed by atoms with E-state index < -0.39 is 0 Å². The smallest absolute Gasteiger partial charge is 0.228 e. The molecular weight excluding hydrogens is 328 g/mol. The summed E-state index contributed by atoms with van der Waals surface area (Å²) in [4.78, 5) is 18.6. The van der Waals surface area contributed by atoms with E-state index in [0.717, 1.165) is 22.7 Å². The van der Waals surface area contributed by atoms with E-state index in [1.807, 2.05) is 30.6 Å². The molecule has 0 fully saturated rings. The molecule has 0 aliphatic heterocycles. The minimum absolute atomic E-state index is 0.0973. The molecule has 3 aromatic rings. The van der Waals surface area contributed by atoms with Crippen LogP contribution in [0.3, 0.4) is 0 Å². The Morgan fingerprint density at radius 3 is 2.36 bits per heavy atom. The van der Waals surface area contributed by atoms with Crippen LogP contribution >= 0.6 is 11.3 Å². The Hall–Kier alpha value is -2.46. The molecule has 25 heavy (non-hydrogen) atoms. The molecule has 3 nitrogen and oxygen atoms in total. The minimum atomic E-state index is 0.0973. The molecule has 1 amide bonds. The van der Waals surface area contributed by atoms with Crippen molar-refractivity contribution >= 4 is 17.2 Å². The van der Waals surface area contributed by atoms with Crippen molar-refractivity contribution in [1.82, 2.24) is 9.88 Å².